The Kier molecular flexibility index (Phi) is 1.58. The van der Waals surface area contributed by atoms with Crippen molar-refractivity contribution in [2.45, 2.75) is 10.7 Å². The van der Waals surface area contributed by atoms with E-state index in [2.05, 4.69) is 25.3 Å². The molecule has 1 heterocycles. The van der Waals surface area contributed by atoms with Crippen molar-refractivity contribution in [2.75, 3.05) is 0 Å². The van der Waals surface area contributed by atoms with E-state index in [0.717, 1.165) is 12.2 Å². The summed E-state index contributed by atoms with van der Waals surface area (Å²) in [6, 6.07) is 7.90. The molecule has 0 spiro atoms. The van der Waals surface area contributed by atoms with E-state index >= 15 is 0 Å². The second kappa shape index (κ2) is 2.35. The van der Waals surface area contributed by atoms with Crippen molar-refractivity contribution in [3.8, 4) is 5.75 Å². The summed E-state index contributed by atoms with van der Waals surface area (Å²) in [5.41, 5.74) is 1.18. The van der Waals surface area contributed by atoms with E-state index in [4.69, 9.17) is 4.74 Å². The number of para-hydroxylation sites is 1. The van der Waals surface area contributed by atoms with Gasteiger partial charge in [-0.1, -0.05) is 18.2 Å². The first kappa shape index (κ1) is 7.37. The van der Waals surface area contributed by atoms with Crippen LogP contribution in [-0.2, 0) is 6.42 Å². The Bertz CT molecular complexity index is 256. The molecular formula is C8H8OS2. The molecule has 3 heteroatoms. The lowest BCUT2D eigenvalue weighted by Gasteiger charge is -2.14. The standard InChI is InChI=1S/C8H8OS2/c10-8(11)5-6-3-1-2-4-7(6)9-8/h1-4,10-11H,5H2. The smallest absolute Gasteiger partial charge is 0.200 e. The van der Waals surface area contributed by atoms with Crippen LogP contribution >= 0.6 is 25.3 Å². The molecule has 0 saturated carbocycles. The van der Waals surface area contributed by atoms with Crippen LogP contribution in [-0.4, -0.2) is 4.27 Å². The van der Waals surface area contributed by atoms with Gasteiger partial charge in [0, 0.05) is 12.0 Å². The first-order valence-corrected chi connectivity index (χ1v) is 4.28. The molecule has 1 aliphatic heterocycles. The number of hydrogen-bond donors (Lipinski definition) is 2. The van der Waals surface area contributed by atoms with Gasteiger partial charge < -0.3 is 4.74 Å². The summed E-state index contributed by atoms with van der Waals surface area (Å²) >= 11 is 8.47. The highest BCUT2D eigenvalue weighted by molar-refractivity contribution is 8.00. The third-order valence-corrected chi connectivity index (χ3v) is 2.17. The van der Waals surface area contributed by atoms with Gasteiger partial charge in [-0.2, -0.15) is 0 Å². The van der Waals surface area contributed by atoms with E-state index in [0.29, 0.717) is 0 Å². The van der Waals surface area contributed by atoms with Gasteiger partial charge in [-0.05, 0) is 6.07 Å². The maximum Gasteiger partial charge on any atom is 0.200 e. The summed E-state index contributed by atoms with van der Waals surface area (Å²) in [7, 11) is 0. The lowest BCUT2D eigenvalue weighted by atomic mass is 10.2. The predicted octanol–water partition coefficient (Wildman–Crippen LogP) is 2.13. The molecule has 0 radical (unpaired) electrons. The fourth-order valence-electron chi connectivity index (χ4n) is 1.21. The molecule has 0 aromatic heterocycles. The Balaban J connectivity index is 2.41. The number of thiol groups is 2. The first-order valence-electron chi connectivity index (χ1n) is 3.39. The topological polar surface area (TPSA) is 9.23 Å². The molecule has 0 N–H and O–H groups in total. The number of rotatable bonds is 0. The third kappa shape index (κ3) is 1.35. The molecule has 0 amide bonds. The second-order valence-corrected chi connectivity index (χ2v) is 4.43. The van der Waals surface area contributed by atoms with Crippen LogP contribution in [0.3, 0.4) is 0 Å². The second-order valence-electron chi connectivity index (χ2n) is 2.63. The maximum absolute atomic E-state index is 5.42. The maximum atomic E-state index is 5.42. The van der Waals surface area contributed by atoms with Gasteiger partial charge in [0.15, 0.2) is 4.27 Å². The Hall–Kier alpha value is -0.280. The minimum Gasteiger partial charge on any atom is -0.467 e. The quantitative estimate of drug-likeness (QED) is 0.464. The van der Waals surface area contributed by atoms with Crippen molar-refractivity contribution in [3.63, 3.8) is 0 Å². The fourth-order valence-corrected chi connectivity index (χ4v) is 1.75. The molecule has 0 bridgehead atoms. The Morgan fingerprint density at radius 3 is 2.73 bits per heavy atom. The minimum absolute atomic E-state index is 0.607. The largest absolute Gasteiger partial charge is 0.467 e. The molecule has 1 aromatic carbocycles. The van der Waals surface area contributed by atoms with Crippen LogP contribution in [0.4, 0.5) is 0 Å². The SMILES string of the molecule is SC1(S)Cc2ccccc2O1. The van der Waals surface area contributed by atoms with Gasteiger partial charge in [-0.3, -0.25) is 0 Å². The van der Waals surface area contributed by atoms with E-state index < -0.39 is 4.27 Å². The third-order valence-electron chi connectivity index (χ3n) is 1.67. The Morgan fingerprint density at radius 1 is 1.27 bits per heavy atom. The summed E-state index contributed by atoms with van der Waals surface area (Å²) < 4.78 is 4.82. The monoisotopic (exact) mass is 184 g/mol. The highest BCUT2D eigenvalue weighted by Gasteiger charge is 2.31. The van der Waals surface area contributed by atoms with Crippen LogP contribution in [0.1, 0.15) is 5.56 Å². The summed E-state index contributed by atoms with van der Waals surface area (Å²) in [5.74, 6) is 0.900. The lowest BCUT2D eigenvalue weighted by molar-refractivity contribution is 0.295. The zero-order valence-electron chi connectivity index (χ0n) is 5.82. The van der Waals surface area contributed by atoms with E-state index in [1.807, 2.05) is 24.3 Å². The zero-order valence-corrected chi connectivity index (χ0v) is 7.61. The number of fused-ring (bicyclic) bond motifs is 1. The fraction of sp³-hybridized carbons (Fsp3) is 0.250. The van der Waals surface area contributed by atoms with Gasteiger partial charge in [-0.15, -0.1) is 25.3 Å². The van der Waals surface area contributed by atoms with Crippen LogP contribution in [0.5, 0.6) is 5.75 Å². The molecular weight excluding hydrogens is 176 g/mol. The molecule has 1 aliphatic rings. The highest BCUT2D eigenvalue weighted by atomic mass is 32.2. The van der Waals surface area contributed by atoms with Gasteiger partial charge in [0.2, 0.25) is 0 Å². The molecule has 0 atom stereocenters. The molecule has 2 rings (SSSR count). The minimum atomic E-state index is -0.607. The molecule has 0 saturated heterocycles. The molecule has 58 valence electrons. The molecule has 0 unspecified atom stereocenters. The van der Waals surface area contributed by atoms with E-state index in [-0.39, 0.29) is 0 Å². The van der Waals surface area contributed by atoms with Gasteiger partial charge in [0.05, 0.1) is 0 Å². The number of benzene rings is 1. The average molecular weight is 184 g/mol. The van der Waals surface area contributed by atoms with Crippen LogP contribution in [0.15, 0.2) is 24.3 Å². The van der Waals surface area contributed by atoms with E-state index in [1.165, 1.54) is 5.56 Å². The normalized spacial score (nSPS) is 19.1. The summed E-state index contributed by atoms with van der Waals surface area (Å²) in [6.45, 7) is 0. The van der Waals surface area contributed by atoms with Gasteiger partial charge >= 0.3 is 0 Å². The van der Waals surface area contributed by atoms with Crippen molar-refractivity contribution in [1.29, 1.82) is 0 Å². The Labute approximate surface area is 76.6 Å². The van der Waals surface area contributed by atoms with Crippen LogP contribution in [0, 0.1) is 0 Å². The van der Waals surface area contributed by atoms with Crippen LogP contribution in [0.2, 0.25) is 0 Å². The molecule has 0 aliphatic carbocycles. The van der Waals surface area contributed by atoms with E-state index in [1.54, 1.807) is 0 Å². The molecule has 1 aromatic rings. The average Bonchev–Trinajstić information content (AvgIpc) is 2.21. The van der Waals surface area contributed by atoms with Gasteiger partial charge in [0.25, 0.3) is 0 Å². The summed E-state index contributed by atoms with van der Waals surface area (Å²) in [4.78, 5) is 0. The van der Waals surface area contributed by atoms with Crippen molar-refractivity contribution in [3.05, 3.63) is 29.8 Å². The lowest BCUT2D eigenvalue weighted by Crippen LogP contribution is -2.17. The van der Waals surface area contributed by atoms with Gasteiger partial charge in [0.1, 0.15) is 5.75 Å². The summed E-state index contributed by atoms with van der Waals surface area (Å²) in [6.07, 6.45) is 0.759. The van der Waals surface area contributed by atoms with Crippen molar-refractivity contribution in [2.24, 2.45) is 0 Å². The van der Waals surface area contributed by atoms with Crippen molar-refractivity contribution >= 4 is 25.3 Å². The highest BCUT2D eigenvalue weighted by Crippen LogP contribution is 2.39. The molecule has 0 fully saturated rings. The zero-order chi connectivity index (χ0) is 7.90. The van der Waals surface area contributed by atoms with Crippen LogP contribution < -0.4 is 4.74 Å². The number of ether oxygens (including phenoxy) is 1. The predicted molar refractivity (Wildman–Crippen MR) is 51.5 cm³/mol. The summed E-state index contributed by atoms with van der Waals surface area (Å²) in [5, 5.41) is 0. The van der Waals surface area contributed by atoms with Crippen molar-refractivity contribution in [1.82, 2.24) is 0 Å². The first-order chi connectivity index (χ1) is 5.17. The van der Waals surface area contributed by atoms with Gasteiger partial charge in [-0.25, -0.2) is 0 Å². The van der Waals surface area contributed by atoms with Crippen LogP contribution in [0.25, 0.3) is 0 Å². The van der Waals surface area contributed by atoms with Crippen molar-refractivity contribution < 1.29 is 4.74 Å². The number of hydrogen-bond acceptors (Lipinski definition) is 3. The Morgan fingerprint density at radius 2 is 2.00 bits per heavy atom. The molecule has 11 heavy (non-hydrogen) atoms. The van der Waals surface area contributed by atoms with E-state index in [9.17, 15) is 0 Å². The molecule has 1 nitrogen and oxygen atoms in total.